The Morgan fingerprint density at radius 1 is 1.58 bits per heavy atom. The Morgan fingerprint density at radius 3 is 2.84 bits per heavy atom. The molecule has 19 heavy (non-hydrogen) atoms. The Kier molecular flexibility index (Phi) is 3.59. The lowest BCUT2D eigenvalue weighted by molar-refractivity contribution is -0.148. The van der Waals surface area contributed by atoms with Gasteiger partial charge in [-0.05, 0) is 19.8 Å². The minimum absolute atomic E-state index is 0.176. The zero-order valence-corrected chi connectivity index (χ0v) is 11.2. The van der Waals surface area contributed by atoms with Crippen LogP contribution in [0.2, 0.25) is 0 Å². The predicted molar refractivity (Wildman–Crippen MR) is 66.7 cm³/mol. The minimum atomic E-state index is -0.821. The normalized spacial score (nSPS) is 22.7. The van der Waals surface area contributed by atoms with E-state index >= 15 is 0 Å². The molecule has 0 saturated carbocycles. The molecule has 0 spiro atoms. The first-order valence-electron chi connectivity index (χ1n) is 6.44. The van der Waals surface area contributed by atoms with Crippen molar-refractivity contribution in [2.24, 2.45) is 5.41 Å². The molecule has 1 aromatic heterocycles. The molecule has 1 N–H and O–H groups in total. The summed E-state index contributed by atoms with van der Waals surface area (Å²) in [5.74, 6) is -0.923. The fourth-order valence-electron chi connectivity index (χ4n) is 2.63. The van der Waals surface area contributed by atoms with Gasteiger partial charge in [0.2, 0.25) is 5.76 Å². The highest BCUT2D eigenvalue weighted by Crippen LogP contribution is 2.36. The first-order valence-corrected chi connectivity index (χ1v) is 6.44. The van der Waals surface area contributed by atoms with Crippen molar-refractivity contribution in [1.29, 1.82) is 0 Å². The molecule has 0 aliphatic carbocycles. The van der Waals surface area contributed by atoms with Crippen molar-refractivity contribution in [2.45, 2.75) is 33.1 Å². The molecule has 0 bridgehead atoms. The summed E-state index contributed by atoms with van der Waals surface area (Å²) in [5.41, 5.74) is -0.167. The summed E-state index contributed by atoms with van der Waals surface area (Å²) in [6.07, 6.45) is 1.87. The van der Waals surface area contributed by atoms with Crippen molar-refractivity contribution in [2.75, 3.05) is 13.1 Å². The van der Waals surface area contributed by atoms with Crippen molar-refractivity contribution in [3.05, 3.63) is 17.5 Å². The summed E-state index contributed by atoms with van der Waals surface area (Å²) in [6, 6.07) is 1.57. The van der Waals surface area contributed by atoms with Crippen LogP contribution in [0.1, 0.15) is 42.4 Å². The Bertz CT molecular complexity index is 497. The molecule has 1 amide bonds. The van der Waals surface area contributed by atoms with Gasteiger partial charge in [0.25, 0.3) is 5.91 Å². The summed E-state index contributed by atoms with van der Waals surface area (Å²) >= 11 is 0. The third kappa shape index (κ3) is 2.47. The summed E-state index contributed by atoms with van der Waals surface area (Å²) < 4.78 is 4.94. The van der Waals surface area contributed by atoms with Gasteiger partial charge in [-0.1, -0.05) is 18.5 Å². The first-order chi connectivity index (χ1) is 8.98. The van der Waals surface area contributed by atoms with Crippen LogP contribution >= 0.6 is 0 Å². The number of aliphatic carboxylic acids is 1. The highest BCUT2D eigenvalue weighted by Gasteiger charge is 2.45. The number of carbonyl (C=O) groups is 2. The molecule has 2 rings (SSSR count). The lowest BCUT2D eigenvalue weighted by atomic mass is 9.83. The van der Waals surface area contributed by atoms with Crippen LogP contribution in [-0.2, 0) is 4.79 Å². The van der Waals surface area contributed by atoms with Gasteiger partial charge in [0.05, 0.1) is 11.1 Å². The smallest absolute Gasteiger partial charge is 0.311 e. The van der Waals surface area contributed by atoms with Gasteiger partial charge < -0.3 is 14.5 Å². The number of carboxylic acids is 1. The van der Waals surface area contributed by atoms with Crippen LogP contribution in [0.15, 0.2) is 10.6 Å². The Labute approximate surface area is 111 Å². The Hall–Kier alpha value is -1.85. The number of hydrogen-bond acceptors (Lipinski definition) is 4. The highest BCUT2D eigenvalue weighted by atomic mass is 16.5. The third-order valence-electron chi connectivity index (χ3n) is 3.66. The van der Waals surface area contributed by atoms with Gasteiger partial charge in [0.1, 0.15) is 0 Å². The van der Waals surface area contributed by atoms with Crippen LogP contribution in [0.25, 0.3) is 0 Å². The number of hydrogen-bond donors (Lipinski definition) is 1. The van der Waals surface area contributed by atoms with E-state index in [2.05, 4.69) is 5.16 Å². The fourth-order valence-corrected chi connectivity index (χ4v) is 2.63. The molecule has 6 heteroatoms. The van der Waals surface area contributed by atoms with Gasteiger partial charge in [-0.2, -0.15) is 0 Å². The number of carbonyl (C=O) groups excluding carboxylic acids is 1. The second-order valence-electron chi connectivity index (χ2n) is 5.14. The monoisotopic (exact) mass is 266 g/mol. The fraction of sp³-hybridized carbons (Fsp3) is 0.615. The van der Waals surface area contributed by atoms with E-state index in [1.165, 1.54) is 0 Å². The molecule has 1 fully saturated rings. The number of carboxylic acid groups (broad SMARTS) is 1. The van der Waals surface area contributed by atoms with Crippen molar-refractivity contribution >= 4 is 11.9 Å². The molecule has 1 unspecified atom stereocenters. The van der Waals surface area contributed by atoms with Crippen LogP contribution in [0.4, 0.5) is 0 Å². The van der Waals surface area contributed by atoms with Gasteiger partial charge in [-0.15, -0.1) is 0 Å². The minimum Gasteiger partial charge on any atom is -0.481 e. The molecule has 0 radical (unpaired) electrons. The van der Waals surface area contributed by atoms with E-state index in [4.69, 9.17) is 4.52 Å². The molecule has 104 valence electrons. The molecule has 0 aromatic carbocycles. The molecule has 1 aliphatic heterocycles. The summed E-state index contributed by atoms with van der Waals surface area (Å²) in [7, 11) is 0. The van der Waals surface area contributed by atoms with E-state index in [0.717, 1.165) is 6.42 Å². The lowest BCUT2D eigenvalue weighted by Crippen LogP contribution is -2.36. The van der Waals surface area contributed by atoms with Crippen LogP contribution < -0.4 is 0 Å². The average Bonchev–Trinajstić information content (AvgIpc) is 2.96. The van der Waals surface area contributed by atoms with Crippen LogP contribution in [0.5, 0.6) is 0 Å². The summed E-state index contributed by atoms with van der Waals surface area (Å²) in [5, 5.41) is 13.1. The van der Waals surface area contributed by atoms with E-state index < -0.39 is 11.4 Å². The quantitative estimate of drug-likeness (QED) is 0.896. The Morgan fingerprint density at radius 2 is 2.32 bits per heavy atom. The lowest BCUT2D eigenvalue weighted by Gasteiger charge is -2.23. The van der Waals surface area contributed by atoms with E-state index in [0.29, 0.717) is 25.1 Å². The van der Waals surface area contributed by atoms with Crippen molar-refractivity contribution in [1.82, 2.24) is 10.1 Å². The molecule has 1 aliphatic rings. The summed E-state index contributed by atoms with van der Waals surface area (Å²) in [6.45, 7) is 4.39. The van der Waals surface area contributed by atoms with E-state index in [1.54, 1.807) is 17.9 Å². The number of rotatable bonds is 4. The number of aryl methyl sites for hydroxylation is 1. The van der Waals surface area contributed by atoms with Crippen molar-refractivity contribution < 1.29 is 19.2 Å². The second-order valence-corrected chi connectivity index (χ2v) is 5.14. The largest absolute Gasteiger partial charge is 0.481 e. The summed E-state index contributed by atoms with van der Waals surface area (Å²) in [4.78, 5) is 25.2. The molecule has 6 nitrogen and oxygen atoms in total. The van der Waals surface area contributed by atoms with Crippen molar-refractivity contribution in [3.63, 3.8) is 0 Å². The van der Waals surface area contributed by atoms with Crippen LogP contribution in [0, 0.1) is 12.3 Å². The Balaban J connectivity index is 2.13. The zero-order chi connectivity index (χ0) is 14.0. The van der Waals surface area contributed by atoms with Gasteiger partial charge in [0.15, 0.2) is 0 Å². The number of aromatic nitrogens is 1. The van der Waals surface area contributed by atoms with Crippen LogP contribution in [0.3, 0.4) is 0 Å². The van der Waals surface area contributed by atoms with E-state index in [1.807, 2.05) is 6.92 Å². The topological polar surface area (TPSA) is 83.6 Å². The van der Waals surface area contributed by atoms with Gasteiger partial charge in [-0.25, -0.2) is 0 Å². The first kappa shape index (κ1) is 13.6. The molecular weight excluding hydrogens is 248 g/mol. The van der Waals surface area contributed by atoms with Gasteiger partial charge >= 0.3 is 5.97 Å². The predicted octanol–water partition coefficient (Wildman–Crippen LogP) is 1.70. The molecule has 1 saturated heterocycles. The maximum absolute atomic E-state index is 12.2. The van der Waals surface area contributed by atoms with E-state index in [9.17, 15) is 14.7 Å². The standard InChI is InChI=1S/C13H18N2O4/c1-3-4-13(12(17)18)5-6-15(8-13)11(16)10-7-9(2)14-19-10/h7H,3-6,8H2,1-2H3,(H,17,18). The second kappa shape index (κ2) is 5.03. The van der Waals surface area contributed by atoms with Crippen LogP contribution in [-0.4, -0.2) is 40.1 Å². The van der Waals surface area contributed by atoms with Gasteiger partial charge in [0, 0.05) is 19.2 Å². The third-order valence-corrected chi connectivity index (χ3v) is 3.66. The number of amides is 1. The van der Waals surface area contributed by atoms with E-state index in [-0.39, 0.29) is 18.2 Å². The highest BCUT2D eigenvalue weighted by molar-refractivity contribution is 5.92. The SMILES string of the molecule is CCCC1(C(=O)O)CCN(C(=O)c2cc(C)no2)C1. The maximum Gasteiger partial charge on any atom is 0.311 e. The molecule has 2 heterocycles. The molecule has 1 atom stereocenters. The molecule has 1 aromatic rings. The van der Waals surface area contributed by atoms with Crippen molar-refractivity contribution in [3.8, 4) is 0 Å². The average molecular weight is 266 g/mol. The molecular formula is C13H18N2O4. The van der Waals surface area contributed by atoms with Gasteiger partial charge in [-0.3, -0.25) is 9.59 Å². The maximum atomic E-state index is 12.2. The number of nitrogens with zero attached hydrogens (tertiary/aromatic N) is 2. The zero-order valence-electron chi connectivity index (χ0n) is 11.2. The number of likely N-dealkylation sites (tertiary alicyclic amines) is 1.